The van der Waals surface area contributed by atoms with Gasteiger partial charge in [-0.15, -0.1) is 0 Å². The first kappa shape index (κ1) is 11.7. The summed E-state index contributed by atoms with van der Waals surface area (Å²) in [5.41, 5.74) is 6.46. The quantitative estimate of drug-likeness (QED) is 0.603. The van der Waals surface area contributed by atoms with Crippen molar-refractivity contribution in [2.24, 2.45) is 5.73 Å². The topological polar surface area (TPSA) is 66.5 Å². The maximum Gasteiger partial charge on any atom is 0.106 e. The largest absolute Gasteiger partial charge is 0.511 e. The van der Waals surface area contributed by atoms with Gasteiger partial charge in [0.1, 0.15) is 5.76 Å². The van der Waals surface area contributed by atoms with E-state index >= 15 is 0 Å². The van der Waals surface area contributed by atoms with Crippen LogP contribution in [0.1, 0.15) is 11.6 Å². The maximum atomic E-state index is 8.95. The molecule has 1 rings (SSSR count). The number of rotatable bonds is 2. The number of hydrogen-bond acceptors (Lipinski definition) is 3. The molecule has 0 saturated carbocycles. The average Bonchev–Trinajstić information content (AvgIpc) is 2.21. The minimum Gasteiger partial charge on any atom is -0.511 e. The lowest BCUT2D eigenvalue weighted by atomic mass is 10.1. The second-order valence-electron chi connectivity index (χ2n) is 2.38. The van der Waals surface area contributed by atoms with E-state index in [1.54, 1.807) is 0 Å². The van der Waals surface area contributed by atoms with E-state index in [9.17, 15) is 0 Å². The summed E-state index contributed by atoms with van der Waals surface area (Å²) in [5, 5.41) is 16.0. The Bertz CT molecular complexity index is 246. The summed E-state index contributed by atoms with van der Waals surface area (Å²) in [6.07, 6.45) is 0. The molecule has 0 aliphatic carbocycles. The summed E-state index contributed by atoms with van der Waals surface area (Å²) in [6.45, 7) is 3.36. The van der Waals surface area contributed by atoms with Crippen molar-refractivity contribution in [2.45, 2.75) is 6.04 Å². The number of benzene rings is 1. The summed E-state index contributed by atoms with van der Waals surface area (Å²) in [6, 6.07) is 8.89. The van der Waals surface area contributed by atoms with Crippen LogP contribution >= 0.6 is 0 Å². The second-order valence-corrected chi connectivity index (χ2v) is 2.38. The molecule has 0 spiro atoms. The SMILES string of the molecule is C=C(O)C(N)c1ccccc1.CO. The molecule has 3 nitrogen and oxygen atoms in total. The number of aliphatic hydroxyl groups is 2. The Hall–Kier alpha value is -1.32. The predicted molar refractivity (Wildman–Crippen MR) is 53.3 cm³/mol. The smallest absolute Gasteiger partial charge is 0.106 e. The molecule has 1 atom stereocenters. The van der Waals surface area contributed by atoms with Gasteiger partial charge in [0.2, 0.25) is 0 Å². The highest BCUT2D eigenvalue weighted by Crippen LogP contribution is 2.13. The van der Waals surface area contributed by atoms with Crippen LogP contribution in [0, 0.1) is 0 Å². The lowest BCUT2D eigenvalue weighted by Crippen LogP contribution is -2.11. The van der Waals surface area contributed by atoms with Gasteiger partial charge in [-0.2, -0.15) is 0 Å². The van der Waals surface area contributed by atoms with Crippen molar-refractivity contribution in [2.75, 3.05) is 7.11 Å². The first-order valence-corrected chi connectivity index (χ1v) is 3.85. The zero-order valence-electron chi connectivity index (χ0n) is 7.64. The monoisotopic (exact) mass is 181 g/mol. The van der Waals surface area contributed by atoms with E-state index in [2.05, 4.69) is 6.58 Å². The van der Waals surface area contributed by atoms with Crippen LogP contribution in [0.2, 0.25) is 0 Å². The van der Waals surface area contributed by atoms with Gasteiger partial charge in [-0.3, -0.25) is 0 Å². The zero-order valence-corrected chi connectivity index (χ0v) is 7.64. The predicted octanol–water partition coefficient (Wildman–Crippen LogP) is 1.37. The van der Waals surface area contributed by atoms with Crippen LogP contribution in [0.5, 0.6) is 0 Å². The van der Waals surface area contributed by atoms with Gasteiger partial charge in [0, 0.05) is 7.11 Å². The Kier molecular flexibility index (Phi) is 5.59. The van der Waals surface area contributed by atoms with Crippen LogP contribution in [-0.4, -0.2) is 17.3 Å². The van der Waals surface area contributed by atoms with Crippen LogP contribution in [0.25, 0.3) is 0 Å². The number of nitrogens with two attached hydrogens (primary N) is 1. The lowest BCUT2D eigenvalue weighted by molar-refractivity contribution is 0.373. The number of hydrogen-bond donors (Lipinski definition) is 3. The van der Waals surface area contributed by atoms with Crippen LogP contribution < -0.4 is 5.73 Å². The van der Waals surface area contributed by atoms with E-state index in [4.69, 9.17) is 15.9 Å². The van der Waals surface area contributed by atoms with Gasteiger partial charge in [-0.1, -0.05) is 36.9 Å². The Morgan fingerprint density at radius 1 is 1.31 bits per heavy atom. The van der Waals surface area contributed by atoms with Crippen molar-refractivity contribution in [3.8, 4) is 0 Å². The third-order valence-corrected chi connectivity index (χ3v) is 1.52. The van der Waals surface area contributed by atoms with Gasteiger partial charge in [0.25, 0.3) is 0 Å². The highest BCUT2D eigenvalue weighted by atomic mass is 16.3. The molecule has 0 aliphatic rings. The lowest BCUT2D eigenvalue weighted by Gasteiger charge is -2.08. The van der Waals surface area contributed by atoms with Crippen LogP contribution in [0.4, 0.5) is 0 Å². The molecule has 1 aromatic carbocycles. The summed E-state index contributed by atoms with van der Waals surface area (Å²) in [5.74, 6) is -0.00352. The first-order valence-electron chi connectivity index (χ1n) is 3.85. The Morgan fingerprint density at radius 3 is 2.15 bits per heavy atom. The van der Waals surface area contributed by atoms with E-state index in [0.29, 0.717) is 0 Å². The maximum absolute atomic E-state index is 8.95. The van der Waals surface area contributed by atoms with Gasteiger partial charge >= 0.3 is 0 Å². The van der Waals surface area contributed by atoms with Crippen LogP contribution in [-0.2, 0) is 0 Å². The van der Waals surface area contributed by atoms with Crippen LogP contribution in [0.15, 0.2) is 42.7 Å². The molecule has 1 unspecified atom stereocenters. The summed E-state index contributed by atoms with van der Waals surface area (Å²) >= 11 is 0. The molecule has 0 aliphatic heterocycles. The Labute approximate surface area is 78.1 Å². The third-order valence-electron chi connectivity index (χ3n) is 1.52. The van der Waals surface area contributed by atoms with Crippen molar-refractivity contribution in [1.29, 1.82) is 0 Å². The molecule has 0 fully saturated rings. The molecular formula is C10H15NO2. The molecule has 1 aromatic rings. The van der Waals surface area contributed by atoms with Crippen LogP contribution in [0.3, 0.4) is 0 Å². The van der Waals surface area contributed by atoms with Gasteiger partial charge in [-0.05, 0) is 5.56 Å². The van der Waals surface area contributed by atoms with E-state index < -0.39 is 6.04 Å². The molecule has 0 amide bonds. The van der Waals surface area contributed by atoms with Crippen molar-refractivity contribution in [1.82, 2.24) is 0 Å². The molecule has 0 radical (unpaired) electrons. The zero-order chi connectivity index (χ0) is 10.3. The molecule has 3 heteroatoms. The Balaban J connectivity index is 0.000000671. The third kappa shape index (κ3) is 3.73. The highest BCUT2D eigenvalue weighted by Gasteiger charge is 2.06. The van der Waals surface area contributed by atoms with E-state index in [1.807, 2.05) is 30.3 Å². The van der Waals surface area contributed by atoms with Crippen molar-refractivity contribution in [3.63, 3.8) is 0 Å². The normalized spacial score (nSPS) is 11.0. The molecule has 72 valence electrons. The van der Waals surface area contributed by atoms with Crippen molar-refractivity contribution in [3.05, 3.63) is 48.2 Å². The van der Waals surface area contributed by atoms with Gasteiger partial charge in [0.15, 0.2) is 0 Å². The molecule has 0 heterocycles. The molecule has 4 N–H and O–H groups in total. The Morgan fingerprint density at radius 2 is 1.77 bits per heavy atom. The summed E-state index contributed by atoms with van der Waals surface area (Å²) in [7, 11) is 1.00. The van der Waals surface area contributed by atoms with E-state index in [0.717, 1.165) is 12.7 Å². The van der Waals surface area contributed by atoms with Crippen molar-refractivity contribution >= 4 is 0 Å². The van der Waals surface area contributed by atoms with E-state index in [1.165, 1.54) is 0 Å². The van der Waals surface area contributed by atoms with Gasteiger partial charge in [-0.25, -0.2) is 0 Å². The van der Waals surface area contributed by atoms with Gasteiger partial charge < -0.3 is 15.9 Å². The van der Waals surface area contributed by atoms with Gasteiger partial charge in [0.05, 0.1) is 6.04 Å². The van der Waals surface area contributed by atoms with Crippen molar-refractivity contribution < 1.29 is 10.2 Å². The summed E-state index contributed by atoms with van der Waals surface area (Å²) in [4.78, 5) is 0. The fourth-order valence-corrected chi connectivity index (χ4v) is 0.853. The number of aliphatic hydroxyl groups excluding tert-OH is 2. The molecule has 0 aromatic heterocycles. The molecule has 13 heavy (non-hydrogen) atoms. The minimum absolute atomic E-state index is 0.00352. The first-order chi connectivity index (χ1) is 6.22. The highest BCUT2D eigenvalue weighted by molar-refractivity contribution is 5.23. The fourth-order valence-electron chi connectivity index (χ4n) is 0.853. The minimum atomic E-state index is -0.462. The second kappa shape index (κ2) is 6.22. The van der Waals surface area contributed by atoms with E-state index in [-0.39, 0.29) is 5.76 Å². The molecule has 0 saturated heterocycles. The summed E-state index contributed by atoms with van der Waals surface area (Å²) < 4.78 is 0. The molecule has 0 bridgehead atoms. The average molecular weight is 181 g/mol. The standard InChI is InChI=1S/C9H11NO.CH4O/c1-7(11)9(10)8-5-3-2-4-6-8;1-2/h2-6,9,11H,1,10H2;2H,1H3. The molecular weight excluding hydrogens is 166 g/mol. The fraction of sp³-hybridized carbons (Fsp3) is 0.200.